The van der Waals surface area contributed by atoms with Crippen LogP contribution in [-0.2, 0) is 10.0 Å². The molecule has 2 N–H and O–H groups in total. The van der Waals surface area contributed by atoms with E-state index in [1.54, 1.807) is 4.31 Å². The molecule has 16 heavy (non-hydrogen) atoms. The zero-order valence-corrected chi connectivity index (χ0v) is 11.1. The number of hydrogen-bond acceptors (Lipinski definition) is 3. The number of piperidine rings is 1. The van der Waals surface area contributed by atoms with Gasteiger partial charge in [-0.25, -0.2) is 12.7 Å². The standard InChI is InChI=1S/C10H20N2O2S.ClH/c11-6-10-2-1-5-12(7-10)15(13,14)8-9-3-4-9;/h9-10H,1-8,11H2;1H. The van der Waals surface area contributed by atoms with Crippen LogP contribution in [0.5, 0.6) is 0 Å². The van der Waals surface area contributed by atoms with Gasteiger partial charge in [-0.15, -0.1) is 12.4 Å². The van der Waals surface area contributed by atoms with E-state index >= 15 is 0 Å². The van der Waals surface area contributed by atoms with Gasteiger partial charge in [-0.3, -0.25) is 0 Å². The van der Waals surface area contributed by atoms with Crippen molar-refractivity contribution in [3.8, 4) is 0 Å². The van der Waals surface area contributed by atoms with Gasteiger partial charge in [0, 0.05) is 13.1 Å². The topological polar surface area (TPSA) is 63.4 Å². The molecule has 0 aromatic rings. The van der Waals surface area contributed by atoms with Crippen molar-refractivity contribution < 1.29 is 8.42 Å². The molecule has 0 bridgehead atoms. The van der Waals surface area contributed by atoms with Gasteiger partial charge in [-0.2, -0.15) is 0 Å². The molecular formula is C10H21ClN2O2S. The Morgan fingerprint density at radius 2 is 1.88 bits per heavy atom. The number of nitrogens with two attached hydrogens (primary N) is 1. The van der Waals surface area contributed by atoms with E-state index in [1.807, 2.05) is 0 Å². The number of rotatable bonds is 4. The minimum Gasteiger partial charge on any atom is -0.330 e. The van der Waals surface area contributed by atoms with Crippen molar-refractivity contribution in [2.24, 2.45) is 17.6 Å². The molecule has 4 nitrogen and oxygen atoms in total. The minimum absolute atomic E-state index is 0. The van der Waals surface area contributed by atoms with Crippen LogP contribution in [0.25, 0.3) is 0 Å². The molecule has 1 saturated heterocycles. The minimum atomic E-state index is -2.99. The average Bonchev–Trinajstić information content (AvgIpc) is 3.01. The first-order chi connectivity index (χ1) is 7.12. The van der Waals surface area contributed by atoms with Crippen LogP contribution in [0.4, 0.5) is 0 Å². The molecule has 6 heteroatoms. The van der Waals surface area contributed by atoms with E-state index in [0.29, 0.717) is 37.2 Å². The lowest BCUT2D eigenvalue weighted by Crippen LogP contribution is -2.43. The molecule has 1 unspecified atom stereocenters. The molecule has 1 saturated carbocycles. The fourth-order valence-corrected chi connectivity index (χ4v) is 4.14. The van der Waals surface area contributed by atoms with E-state index in [0.717, 1.165) is 25.7 Å². The van der Waals surface area contributed by atoms with Crippen molar-refractivity contribution >= 4 is 22.4 Å². The Hall–Kier alpha value is 0.160. The molecule has 2 fully saturated rings. The highest BCUT2D eigenvalue weighted by molar-refractivity contribution is 7.89. The lowest BCUT2D eigenvalue weighted by Gasteiger charge is -2.31. The summed E-state index contributed by atoms with van der Waals surface area (Å²) in [5, 5.41) is 0. The summed E-state index contributed by atoms with van der Waals surface area (Å²) in [6.45, 7) is 1.95. The van der Waals surface area contributed by atoms with Gasteiger partial charge >= 0.3 is 0 Å². The van der Waals surface area contributed by atoms with Crippen molar-refractivity contribution in [3.63, 3.8) is 0 Å². The fourth-order valence-electron chi connectivity index (χ4n) is 2.16. The Morgan fingerprint density at radius 3 is 2.44 bits per heavy atom. The summed E-state index contributed by atoms with van der Waals surface area (Å²) in [7, 11) is -2.99. The highest BCUT2D eigenvalue weighted by atomic mass is 35.5. The highest BCUT2D eigenvalue weighted by Gasteiger charge is 2.34. The Balaban J connectivity index is 0.00000128. The molecule has 0 spiro atoms. The molecule has 2 aliphatic rings. The van der Waals surface area contributed by atoms with Crippen molar-refractivity contribution in [1.29, 1.82) is 0 Å². The molecular weight excluding hydrogens is 248 g/mol. The van der Waals surface area contributed by atoms with E-state index in [1.165, 1.54) is 0 Å². The molecule has 2 rings (SSSR count). The van der Waals surface area contributed by atoms with Crippen LogP contribution in [0.2, 0.25) is 0 Å². The highest BCUT2D eigenvalue weighted by Crippen LogP contribution is 2.32. The summed E-state index contributed by atoms with van der Waals surface area (Å²) in [5.41, 5.74) is 5.60. The summed E-state index contributed by atoms with van der Waals surface area (Å²) in [6, 6.07) is 0. The second kappa shape index (κ2) is 5.67. The fraction of sp³-hybridized carbons (Fsp3) is 1.00. The van der Waals surface area contributed by atoms with E-state index in [-0.39, 0.29) is 12.4 Å². The zero-order valence-electron chi connectivity index (χ0n) is 9.47. The van der Waals surface area contributed by atoms with Crippen molar-refractivity contribution in [2.45, 2.75) is 25.7 Å². The van der Waals surface area contributed by atoms with Crippen LogP contribution in [0.15, 0.2) is 0 Å². The normalized spacial score (nSPS) is 27.4. The monoisotopic (exact) mass is 268 g/mol. The molecule has 1 aliphatic heterocycles. The SMILES string of the molecule is Cl.NCC1CCCN(S(=O)(=O)CC2CC2)C1. The Morgan fingerprint density at radius 1 is 1.19 bits per heavy atom. The van der Waals surface area contributed by atoms with Crippen LogP contribution in [0.1, 0.15) is 25.7 Å². The molecule has 0 radical (unpaired) electrons. The maximum atomic E-state index is 12.0. The third-order valence-corrected chi connectivity index (χ3v) is 5.36. The second-order valence-electron chi connectivity index (χ2n) is 4.82. The zero-order chi connectivity index (χ0) is 10.9. The van der Waals surface area contributed by atoms with Crippen molar-refractivity contribution in [1.82, 2.24) is 4.31 Å². The lowest BCUT2D eigenvalue weighted by atomic mass is 10.0. The van der Waals surface area contributed by atoms with Gasteiger partial charge in [-0.1, -0.05) is 0 Å². The van der Waals surface area contributed by atoms with Gasteiger partial charge in [0.1, 0.15) is 0 Å². The largest absolute Gasteiger partial charge is 0.330 e. The summed E-state index contributed by atoms with van der Waals surface area (Å²) in [6.07, 6.45) is 4.22. The predicted molar refractivity (Wildman–Crippen MR) is 67.1 cm³/mol. The van der Waals surface area contributed by atoms with E-state index in [4.69, 9.17) is 5.73 Å². The Kier molecular flexibility index (Phi) is 5.04. The maximum absolute atomic E-state index is 12.0. The van der Waals surface area contributed by atoms with E-state index in [9.17, 15) is 8.42 Å². The Labute approximate surface area is 104 Å². The van der Waals surface area contributed by atoms with Gasteiger partial charge in [0.15, 0.2) is 0 Å². The van der Waals surface area contributed by atoms with E-state index in [2.05, 4.69) is 0 Å². The van der Waals surface area contributed by atoms with Crippen LogP contribution in [0.3, 0.4) is 0 Å². The van der Waals surface area contributed by atoms with Crippen LogP contribution in [0, 0.1) is 11.8 Å². The number of halogens is 1. The van der Waals surface area contributed by atoms with Gasteiger partial charge in [0.05, 0.1) is 5.75 Å². The number of hydrogen-bond donors (Lipinski definition) is 1. The Bertz CT molecular complexity index is 317. The molecule has 0 aromatic heterocycles. The second-order valence-corrected chi connectivity index (χ2v) is 6.84. The molecule has 96 valence electrons. The summed E-state index contributed by atoms with van der Waals surface area (Å²) >= 11 is 0. The first kappa shape index (κ1) is 14.2. The van der Waals surface area contributed by atoms with Crippen LogP contribution >= 0.6 is 12.4 Å². The lowest BCUT2D eigenvalue weighted by molar-refractivity contribution is 0.271. The molecule has 1 atom stereocenters. The third-order valence-electron chi connectivity index (χ3n) is 3.35. The molecule has 0 amide bonds. The predicted octanol–water partition coefficient (Wildman–Crippen LogP) is 0.819. The van der Waals surface area contributed by atoms with Gasteiger partial charge in [0.2, 0.25) is 10.0 Å². The van der Waals surface area contributed by atoms with Crippen LogP contribution < -0.4 is 5.73 Å². The quantitative estimate of drug-likeness (QED) is 0.821. The first-order valence-electron chi connectivity index (χ1n) is 5.79. The van der Waals surface area contributed by atoms with Gasteiger partial charge in [-0.05, 0) is 44.1 Å². The number of nitrogens with zero attached hydrogens (tertiary/aromatic N) is 1. The molecule has 1 aliphatic carbocycles. The van der Waals surface area contributed by atoms with E-state index < -0.39 is 10.0 Å². The molecule has 0 aromatic carbocycles. The smallest absolute Gasteiger partial charge is 0.214 e. The van der Waals surface area contributed by atoms with Gasteiger partial charge in [0.25, 0.3) is 0 Å². The van der Waals surface area contributed by atoms with Crippen molar-refractivity contribution in [3.05, 3.63) is 0 Å². The summed E-state index contributed by atoms with van der Waals surface area (Å²) in [4.78, 5) is 0. The average molecular weight is 269 g/mol. The third kappa shape index (κ3) is 3.58. The van der Waals surface area contributed by atoms with Crippen LogP contribution in [-0.4, -0.2) is 38.1 Å². The molecule has 1 heterocycles. The number of sulfonamides is 1. The van der Waals surface area contributed by atoms with Crippen molar-refractivity contribution in [2.75, 3.05) is 25.4 Å². The summed E-state index contributed by atoms with van der Waals surface area (Å²) < 4.78 is 25.6. The summed E-state index contributed by atoms with van der Waals surface area (Å²) in [5.74, 6) is 1.17. The maximum Gasteiger partial charge on any atom is 0.214 e. The first-order valence-corrected chi connectivity index (χ1v) is 7.40. The van der Waals surface area contributed by atoms with Gasteiger partial charge < -0.3 is 5.73 Å².